The van der Waals surface area contributed by atoms with Crippen LogP contribution in [0.4, 0.5) is 0 Å². The summed E-state index contributed by atoms with van der Waals surface area (Å²) < 4.78 is 0. The molecule has 0 aliphatic rings. The summed E-state index contributed by atoms with van der Waals surface area (Å²) in [5, 5.41) is 6.92. The summed E-state index contributed by atoms with van der Waals surface area (Å²) in [6.07, 6.45) is 0.943. The number of hydrogen-bond donors (Lipinski definition) is 1. The third kappa shape index (κ3) is 2.69. The van der Waals surface area contributed by atoms with Crippen molar-refractivity contribution >= 4 is 5.78 Å². The van der Waals surface area contributed by atoms with E-state index < -0.39 is 0 Å². The Morgan fingerprint density at radius 1 is 1.43 bits per heavy atom. The number of ketones is 1. The molecule has 0 amide bonds. The summed E-state index contributed by atoms with van der Waals surface area (Å²) in [5.74, 6) is 0.707. The zero-order valence-electron chi connectivity index (χ0n) is 9.29. The molecule has 78 valence electrons. The van der Waals surface area contributed by atoms with E-state index in [1.165, 1.54) is 0 Å². The molecule has 0 atom stereocenters. The maximum absolute atomic E-state index is 11.6. The Balaban J connectivity index is 2.73. The second kappa shape index (κ2) is 4.40. The number of rotatable bonds is 4. The zero-order valence-corrected chi connectivity index (χ0v) is 9.29. The maximum Gasteiger partial charge on any atom is 0.185 e. The summed E-state index contributed by atoms with van der Waals surface area (Å²) in [4.78, 5) is 11.6. The molecule has 1 N–H and O–H groups in total. The maximum atomic E-state index is 11.6. The smallest absolute Gasteiger partial charge is 0.185 e. The van der Waals surface area contributed by atoms with Gasteiger partial charge in [0.15, 0.2) is 5.78 Å². The lowest BCUT2D eigenvalue weighted by Crippen LogP contribution is -2.07. The molecule has 1 aromatic rings. The Morgan fingerprint density at radius 2 is 2.07 bits per heavy atom. The lowest BCUT2D eigenvalue weighted by atomic mass is 10.0. The van der Waals surface area contributed by atoms with Crippen LogP contribution in [0.25, 0.3) is 0 Å². The van der Waals surface area contributed by atoms with Crippen molar-refractivity contribution < 1.29 is 4.79 Å². The van der Waals surface area contributed by atoms with Crippen LogP contribution in [-0.2, 0) is 6.42 Å². The van der Waals surface area contributed by atoms with Crippen molar-refractivity contribution in [3.05, 3.63) is 17.5 Å². The summed E-state index contributed by atoms with van der Waals surface area (Å²) in [7, 11) is 0. The molecule has 0 bridgehead atoms. The number of aromatic amines is 1. The molecular weight excluding hydrogens is 176 g/mol. The van der Waals surface area contributed by atoms with Crippen molar-refractivity contribution in [2.45, 2.75) is 34.1 Å². The number of Topliss-reactive ketones (excluding diaryl/α,β-unsaturated/α-hetero) is 1. The number of aromatic nitrogens is 2. The normalized spacial score (nSPS) is 11.3. The van der Waals surface area contributed by atoms with Crippen LogP contribution >= 0.6 is 0 Å². The van der Waals surface area contributed by atoms with Crippen LogP contribution in [0.15, 0.2) is 6.07 Å². The van der Waals surface area contributed by atoms with Gasteiger partial charge in [-0.25, -0.2) is 0 Å². The Hall–Kier alpha value is -1.12. The predicted octanol–water partition coefficient (Wildman–Crippen LogP) is 2.45. The number of carbonyl (C=O) groups is 1. The Morgan fingerprint density at radius 3 is 2.57 bits per heavy atom. The lowest BCUT2D eigenvalue weighted by Gasteiger charge is -1.99. The molecule has 0 saturated carbocycles. The van der Waals surface area contributed by atoms with Crippen LogP contribution < -0.4 is 0 Å². The first-order chi connectivity index (χ1) is 6.50. The fourth-order valence-corrected chi connectivity index (χ4v) is 1.33. The van der Waals surface area contributed by atoms with Crippen molar-refractivity contribution in [3.63, 3.8) is 0 Å². The molecule has 1 aromatic heterocycles. The first-order valence-electron chi connectivity index (χ1n) is 5.09. The Labute approximate surface area is 84.9 Å². The highest BCUT2D eigenvalue weighted by molar-refractivity contribution is 5.95. The van der Waals surface area contributed by atoms with Crippen molar-refractivity contribution in [1.82, 2.24) is 10.2 Å². The van der Waals surface area contributed by atoms with Gasteiger partial charge in [0.2, 0.25) is 0 Å². The van der Waals surface area contributed by atoms with Crippen molar-refractivity contribution in [2.24, 2.45) is 11.8 Å². The fourth-order valence-electron chi connectivity index (χ4n) is 1.33. The van der Waals surface area contributed by atoms with Gasteiger partial charge in [-0.2, -0.15) is 5.10 Å². The molecule has 0 radical (unpaired) electrons. The molecule has 0 saturated heterocycles. The summed E-state index contributed by atoms with van der Waals surface area (Å²) in [6, 6.07) is 1.86. The van der Waals surface area contributed by atoms with Crippen LogP contribution in [0.2, 0.25) is 0 Å². The predicted molar refractivity (Wildman–Crippen MR) is 56.3 cm³/mol. The van der Waals surface area contributed by atoms with Gasteiger partial charge in [0, 0.05) is 11.6 Å². The number of nitrogens with zero attached hydrogens (tertiary/aromatic N) is 1. The standard InChI is InChI=1S/C11H18N2O/c1-7(2)5-9-6-10(13-12-9)11(14)8(3)4/h6-8H,5H2,1-4H3,(H,12,13). The molecule has 0 aromatic carbocycles. The van der Waals surface area contributed by atoms with E-state index in [9.17, 15) is 4.79 Å². The second-order valence-electron chi connectivity index (χ2n) is 4.40. The van der Waals surface area contributed by atoms with Gasteiger partial charge in [-0.05, 0) is 18.4 Å². The van der Waals surface area contributed by atoms with Gasteiger partial charge >= 0.3 is 0 Å². The van der Waals surface area contributed by atoms with Crippen molar-refractivity contribution in [3.8, 4) is 0 Å². The van der Waals surface area contributed by atoms with Gasteiger partial charge in [-0.3, -0.25) is 9.89 Å². The molecule has 0 unspecified atom stereocenters. The number of carbonyl (C=O) groups excluding carboxylic acids is 1. The molecule has 0 spiro atoms. The molecule has 3 heteroatoms. The molecule has 0 fully saturated rings. The number of hydrogen-bond acceptors (Lipinski definition) is 2. The van der Waals surface area contributed by atoms with E-state index in [0.717, 1.165) is 12.1 Å². The summed E-state index contributed by atoms with van der Waals surface area (Å²) >= 11 is 0. The lowest BCUT2D eigenvalue weighted by molar-refractivity contribution is 0.0934. The van der Waals surface area contributed by atoms with Gasteiger partial charge in [-0.1, -0.05) is 27.7 Å². The van der Waals surface area contributed by atoms with Gasteiger partial charge in [-0.15, -0.1) is 0 Å². The molecule has 14 heavy (non-hydrogen) atoms. The SMILES string of the molecule is CC(C)Cc1cc(C(=O)C(C)C)n[nH]1. The van der Waals surface area contributed by atoms with Crippen LogP contribution in [-0.4, -0.2) is 16.0 Å². The van der Waals surface area contributed by atoms with E-state index in [1.807, 2.05) is 19.9 Å². The van der Waals surface area contributed by atoms with Crippen LogP contribution in [0, 0.1) is 11.8 Å². The highest BCUT2D eigenvalue weighted by Crippen LogP contribution is 2.10. The topological polar surface area (TPSA) is 45.8 Å². The molecular formula is C11H18N2O. The minimum atomic E-state index is 0.0187. The van der Waals surface area contributed by atoms with Gasteiger partial charge in [0.05, 0.1) is 0 Å². The van der Waals surface area contributed by atoms with Crippen molar-refractivity contribution in [1.29, 1.82) is 0 Å². The average Bonchev–Trinajstić information content (AvgIpc) is 2.50. The minimum Gasteiger partial charge on any atom is -0.292 e. The van der Waals surface area contributed by atoms with Crippen LogP contribution in [0.5, 0.6) is 0 Å². The first-order valence-corrected chi connectivity index (χ1v) is 5.09. The van der Waals surface area contributed by atoms with E-state index in [4.69, 9.17) is 0 Å². The second-order valence-corrected chi connectivity index (χ2v) is 4.40. The quantitative estimate of drug-likeness (QED) is 0.748. The monoisotopic (exact) mass is 194 g/mol. The summed E-state index contributed by atoms with van der Waals surface area (Å²) in [6.45, 7) is 8.06. The highest BCUT2D eigenvalue weighted by atomic mass is 16.1. The van der Waals surface area contributed by atoms with Gasteiger partial charge < -0.3 is 0 Å². The van der Waals surface area contributed by atoms with E-state index >= 15 is 0 Å². The van der Waals surface area contributed by atoms with Crippen molar-refractivity contribution in [2.75, 3.05) is 0 Å². The van der Waals surface area contributed by atoms with E-state index in [0.29, 0.717) is 11.6 Å². The molecule has 0 aliphatic carbocycles. The van der Waals surface area contributed by atoms with E-state index in [-0.39, 0.29) is 11.7 Å². The molecule has 3 nitrogen and oxygen atoms in total. The highest BCUT2D eigenvalue weighted by Gasteiger charge is 2.14. The molecule has 1 rings (SSSR count). The third-order valence-electron chi connectivity index (χ3n) is 2.04. The van der Waals surface area contributed by atoms with E-state index in [2.05, 4.69) is 24.0 Å². The Kier molecular flexibility index (Phi) is 3.44. The van der Waals surface area contributed by atoms with Crippen LogP contribution in [0.1, 0.15) is 43.9 Å². The third-order valence-corrected chi connectivity index (χ3v) is 2.04. The average molecular weight is 194 g/mol. The molecule has 0 aliphatic heterocycles. The fraction of sp³-hybridized carbons (Fsp3) is 0.636. The first kappa shape index (κ1) is 11.0. The largest absolute Gasteiger partial charge is 0.292 e. The number of H-pyrrole nitrogens is 1. The van der Waals surface area contributed by atoms with Crippen LogP contribution in [0.3, 0.4) is 0 Å². The van der Waals surface area contributed by atoms with Gasteiger partial charge in [0.25, 0.3) is 0 Å². The zero-order chi connectivity index (χ0) is 10.7. The molecule has 1 heterocycles. The Bertz CT molecular complexity index is 313. The van der Waals surface area contributed by atoms with Gasteiger partial charge in [0.1, 0.15) is 5.69 Å². The van der Waals surface area contributed by atoms with E-state index in [1.54, 1.807) is 0 Å². The summed E-state index contributed by atoms with van der Waals surface area (Å²) in [5.41, 5.74) is 1.61. The minimum absolute atomic E-state index is 0.0187. The number of nitrogens with one attached hydrogen (secondary N) is 1.